The van der Waals surface area contributed by atoms with E-state index in [2.05, 4.69) is 4.74 Å². The second-order valence-corrected chi connectivity index (χ2v) is 2.94. The van der Waals surface area contributed by atoms with Gasteiger partial charge in [0.15, 0.2) is 0 Å². The molecule has 0 unspecified atom stereocenters. The average Bonchev–Trinajstić information content (AvgIpc) is 2.16. The molecule has 9 heteroatoms. The lowest BCUT2D eigenvalue weighted by molar-refractivity contribution is -0.192. The molecule has 0 saturated heterocycles. The topological polar surface area (TPSA) is 77.5 Å². The van der Waals surface area contributed by atoms with Crippen molar-refractivity contribution < 1.29 is 41.5 Å². The van der Waals surface area contributed by atoms with E-state index >= 15 is 0 Å². The molecule has 0 amide bonds. The van der Waals surface area contributed by atoms with E-state index in [9.17, 15) is 36.7 Å². The third-order valence-electron chi connectivity index (χ3n) is 1.58. The average molecular weight is 258 g/mol. The van der Waals surface area contributed by atoms with Crippen LogP contribution in [-0.4, -0.2) is 35.4 Å². The van der Waals surface area contributed by atoms with Gasteiger partial charge in [0.25, 0.3) is 0 Å². The summed E-state index contributed by atoms with van der Waals surface area (Å²) in [4.78, 5) is 41.6. The normalized spacial score (nSPS) is 11.9. The van der Waals surface area contributed by atoms with Gasteiger partial charge in [0.1, 0.15) is 0 Å². The van der Waals surface area contributed by atoms with Crippen molar-refractivity contribution in [3.05, 3.63) is 0 Å². The first-order chi connectivity index (χ1) is 7.44. The maximum atomic E-state index is 12.6. The van der Waals surface area contributed by atoms with Gasteiger partial charge < -0.3 is 4.74 Å². The molecule has 0 aromatic carbocycles. The molecule has 0 saturated carbocycles. The third-order valence-corrected chi connectivity index (χ3v) is 1.58. The fourth-order valence-corrected chi connectivity index (χ4v) is 0.500. The smallest absolute Gasteiger partial charge is 0.383 e. The number of Topliss-reactive ketones (excluding diaryl/α,β-unsaturated/α-hetero) is 2. The Morgan fingerprint density at radius 2 is 1.00 bits per heavy atom. The second kappa shape index (κ2) is 4.60. The molecule has 0 aliphatic rings. The molecule has 17 heavy (non-hydrogen) atoms. The van der Waals surface area contributed by atoms with E-state index in [4.69, 9.17) is 0 Å². The molecule has 5 nitrogen and oxygen atoms in total. The predicted octanol–water partition coefficient (Wildman–Crippen LogP) is 0.505. The van der Waals surface area contributed by atoms with Crippen LogP contribution in [0.3, 0.4) is 0 Å². The minimum atomic E-state index is -4.72. The first-order valence-electron chi connectivity index (χ1n) is 3.98. The zero-order valence-corrected chi connectivity index (χ0v) is 8.55. The number of ketones is 2. The molecular formula is C8H6F4O5. The van der Waals surface area contributed by atoms with Crippen molar-refractivity contribution in [3.8, 4) is 0 Å². The SMILES string of the molecule is CC(=O)C(F)(F)C(=O)OC(=O)C(F)(F)C(C)=O. The summed E-state index contributed by atoms with van der Waals surface area (Å²) in [6.07, 6.45) is 0. The fraction of sp³-hybridized carbons (Fsp3) is 0.500. The number of hydrogen-bond donors (Lipinski definition) is 0. The maximum absolute atomic E-state index is 12.6. The lowest BCUT2D eigenvalue weighted by Gasteiger charge is -2.14. The minimum Gasteiger partial charge on any atom is -0.383 e. The van der Waals surface area contributed by atoms with Crippen LogP contribution in [0.5, 0.6) is 0 Å². The summed E-state index contributed by atoms with van der Waals surface area (Å²) in [6.45, 7) is 0.601. The van der Waals surface area contributed by atoms with E-state index < -0.39 is 35.4 Å². The number of rotatable bonds is 4. The second-order valence-electron chi connectivity index (χ2n) is 2.94. The van der Waals surface area contributed by atoms with Crippen molar-refractivity contribution in [2.24, 2.45) is 0 Å². The lowest BCUT2D eigenvalue weighted by Crippen LogP contribution is -2.44. The van der Waals surface area contributed by atoms with Gasteiger partial charge in [-0.05, 0) is 0 Å². The number of halogens is 4. The monoisotopic (exact) mass is 258 g/mol. The summed E-state index contributed by atoms with van der Waals surface area (Å²) in [6, 6.07) is 0. The Bertz CT molecular complexity index is 351. The van der Waals surface area contributed by atoms with Crippen LogP contribution in [0.1, 0.15) is 13.8 Å². The molecular weight excluding hydrogens is 252 g/mol. The molecule has 0 bridgehead atoms. The molecule has 0 atom stereocenters. The van der Waals surface area contributed by atoms with Gasteiger partial charge in [-0.2, -0.15) is 17.6 Å². The zero-order valence-electron chi connectivity index (χ0n) is 8.55. The van der Waals surface area contributed by atoms with Crippen LogP contribution in [0.25, 0.3) is 0 Å². The van der Waals surface area contributed by atoms with E-state index in [0.29, 0.717) is 13.8 Å². The number of carbonyl (C=O) groups is 4. The molecule has 0 N–H and O–H groups in total. The molecule has 0 fully saturated rings. The predicted molar refractivity (Wildman–Crippen MR) is 42.4 cm³/mol. The van der Waals surface area contributed by atoms with Crippen LogP contribution < -0.4 is 0 Å². The number of carbonyl (C=O) groups excluding carboxylic acids is 4. The highest BCUT2D eigenvalue weighted by atomic mass is 19.3. The van der Waals surface area contributed by atoms with Crippen LogP contribution in [0, 0.1) is 0 Å². The summed E-state index contributed by atoms with van der Waals surface area (Å²) in [7, 11) is 0. The Kier molecular flexibility index (Phi) is 4.11. The number of ether oxygens (including phenoxy) is 1. The van der Waals surface area contributed by atoms with Crippen LogP contribution in [-0.2, 0) is 23.9 Å². The van der Waals surface area contributed by atoms with Crippen LogP contribution in [0.2, 0.25) is 0 Å². The Morgan fingerprint density at radius 3 is 1.18 bits per heavy atom. The van der Waals surface area contributed by atoms with E-state index in [1.165, 1.54) is 0 Å². The Hall–Kier alpha value is -1.80. The van der Waals surface area contributed by atoms with Crippen LogP contribution in [0.15, 0.2) is 0 Å². The van der Waals surface area contributed by atoms with E-state index in [1.807, 2.05) is 0 Å². The highest BCUT2D eigenvalue weighted by molar-refractivity contribution is 6.11. The van der Waals surface area contributed by atoms with E-state index in [1.54, 1.807) is 0 Å². The van der Waals surface area contributed by atoms with Gasteiger partial charge in [0.05, 0.1) is 0 Å². The van der Waals surface area contributed by atoms with Gasteiger partial charge in [0.2, 0.25) is 11.6 Å². The van der Waals surface area contributed by atoms with Gasteiger partial charge >= 0.3 is 23.8 Å². The standard InChI is InChI=1S/C8H6F4O5/c1-3(13)7(9,10)5(15)17-6(16)8(11,12)4(2)14/h1-2H3. The van der Waals surface area contributed by atoms with Gasteiger partial charge in [-0.15, -0.1) is 0 Å². The Balaban J connectivity index is 4.90. The molecule has 96 valence electrons. The molecule has 0 aliphatic heterocycles. The van der Waals surface area contributed by atoms with Gasteiger partial charge in [-0.25, -0.2) is 9.59 Å². The quantitative estimate of drug-likeness (QED) is 0.417. The Labute approximate surface area is 91.7 Å². The van der Waals surface area contributed by atoms with Gasteiger partial charge in [0, 0.05) is 13.8 Å². The zero-order chi connectivity index (χ0) is 14.0. The lowest BCUT2D eigenvalue weighted by atomic mass is 10.2. The fourth-order valence-electron chi connectivity index (χ4n) is 0.500. The molecule has 0 heterocycles. The summed E-state index contributed by atoms with van der Waals surface area (Å²) in [5.41, 5.74) is 0. The minimum absolute atomic E-state index is 0.300. The van der Waals surface area contributed by atoms with Crippen molar-refractivity contribution in [1.82, 2.24) is 0 Å². The largest absolute Gasteiger partial charge is 0.400 e. The number of hydrogen-bond acceptors (Lipinski definition) is 5. The van der Waals surface area contributed by atoms with Crippen molar-refractivity contribution >= 4 is 23.5 Å². The summed E-state index contributed by atoms with van der Waals surface area (Å²) >= 11 is 0. The van der Waals surface area contributed by atoms with Crippen molar-refractivity contribution in [1.29, 1.82) is 0 Å². The van der Waals surface area contributed by atoms with Gasteiger partial charge in [-0.3, -0.25) is 9.59 Å². The molecule has 0 rings (SSSR count). The highest BCUT2D eigenvalue weighted by Crippen LogP contribution is 2.21. The third kappa shape index (κ3) is 3.08. The van der Waals surface area contributed by atoms with Crippen molar-refractivity contribution in [2.45, 2.75) is 25.7 Å². The summed E-state index contributed by atoms with van der Waals surface area (Å²) < 4.78 is 53.4. The van der Waals surface area contributed by atoms with Crippen LogP contribution >= 0.6 is 0 Å². The summed E-state index contributed by atoms with van der Waals surface area (Å²) in [5, 5.41) is 0. The van der Waals surface area contributed by atoms with Crippen LogP contribution in [0.4, 0.5) is 17.6 Å². The van der Waals surface area contributed by atoms with Crippen molar-refractivity contribution in [3.63, 3.8) is 0 Å². The van der Waals surface area contributed by atoms with Gasteiger partial charge in [-0.1, -0.05) is 0 Å². The molecule has 0 aliphatic carbocycles. The first kappa shape index (κ1) is 15.2. The highest BCUT2D eigenvalue weighted by Gasteiger charge is 2.53. The first-order valence-corrected chi connectivity index (χ1v) is 3.98. The van der Waals surface area contributed by atoms with E-state index in [-0.39, 0.29) is 0 Å². The summed E-state index contributed by atoms with van der Waals surface area (Å²) in [5.74, 6) is -18.9. The molecule has 0 spiro atoms. The molecule has 0 aromatic heterocycles. The van der Waals surface area contributed by atoms with Crippen molar-refractivity contribution in [2.75, 3.05) is 0 Å². The van der Waals surface area contributed by atoms with E-state index in [0.717, 1.165) is 0 Å². The number of esters is 2. The number of alkyl halides is 4. The molecule has 0 radical (unpaired) electrons. The maximum Gasteiger partial charge on any atom is 0.400 e. The Morgan fingerprint density at radius 1 is 0.765 bits per heavy atom. The molecule has 0 aromatic rings.